The minimum atomic E-state index is -1.25. The maximum atomic E-state index is 12.3. The molecule has 1 aliphatic rings. The molecular weight excluding hydrogens is 250 g/mol. The van der Waals surface area contributed by atoms with Crippen LogP contribution in [0.15, 0.2) is 0 Å². The van der Waals surface area contributed by atoms with Gasteiger partial charge >= 0.3 is 5.97 Å². The molecule has 0 aromatic carbocycles. The second-order valence-electron chi connectivity index (χ2n) is 4.95. The molecule has 1 fully saturated rings. The molecule has 0 radical (unpaired) electrons. The largest absolute Gasteiger partial charge is 0.480 e. The first-order chi connectivity index (χ1) is 8.91. The quantitative estimate of drug-likeness (QED) is 0.504. The molecule has 0 aromatic rings. The lowest BCUT2D eigenvalue weighted by atomic mass is 9.77. The summed E-state index contributed by atoms with van der Waals surface area (Å²) in [5.41, 5.74) is 4.39. The third-order valence-electron chi connectivity index (χ3n) is 3.64. The van der Waals surface area contributed by atoms with Crippen LogP contribution in [0.4, 0.5) is 0 Å². The Bertz CT molecular complexity index is 364. The fourth-order valence-corrected chi connectivity index (χ4v) is 2.34. The van der Waals surface area contributed by atoms with Crippen LogP contribution in [0.25, 0.3) is 0 Å². The van der Waals surface area contributed by atoms with Gasteiger partial charge in [0.2, 0.25) is 11.8 Å². The van der Waals surface area contributed by atoms with Crippen LogP contribution in [0.1, 0.15) is 32.6 Å². The molecule has 0 bridgehead atoms. The number of nitrogens with two attached hydrogens (primary N) is 1. The van der Waals surface area contributed by atoms with E-state index in [1.165, 1.54) is 0 Å². The number of carboxylic acid groups (broad SMARTS) is 1. The van der Waals surface area contributed by atoms with Gasteiger partial charge in [0.05, 0.1) is 11.8 Å². The number of nitrogens with one attached hydrogen (secondary N) is 2. The van der Waals surface area contributed by atoms with E-state index in [1.807, 2.05) is 6.92 Å². The van der Waals surface area contributed by atoms with Crippen molar-refractivity contribution in [2.45, 2.75) is 38.6 Å². The first kappa shape index (κ1) is 15.4. The van der Waals surface area contributed by atoms with Gasteiger partial charge in [0.15, 0.2) is 0 Å². The van der Waals surface area contributed by atoms with Gasteiger partial charge in [-0.25, -0.2) is 4.79 Å². The predicted octanol–water partition coefficient (Wildman–Crippen LogP) is -0.789. The van der Waals surface area contributed by atoms with Gasteiger partial charge in [-0.05, 0) is 25.8 Å². The molecule has 0 spiro atoms. The van der Waals surface area contributed by atoms with Crippen LogP contribution in [0, 0.1) is 5.41 Å². The lowest BCUT2D eigenvalue weighted by Crippen LogP contribution is -2.54. The molecule has 7 nitrogen and oxygen atoms in total. The summed E-state index contributed by atoms with van der Waals surface area (Å²) in [5.74, 6) is -2.32. The fourth-order valence-electron chi connectivity index (χ4n) is 2.34. The topological polar surface area (TPSA) is 122 Å². The average Bonchev–Trinajstić information content (AvgIpc) is 2.38. The highest BCUT2D eigenvalue weighted by molar-refractivity contribution is 5.90. The van der Waals surface area contributed by atoms with Crippen molar-refractivity contribution >= 4 is 17.8 Å². The normalized spacial score (nSPS) is 24.5. The van der Waals surface area contributed by atoms with Crippen LogP contribution in [0.2, 0.25) is 0 Å². The molecule has 1 rings (SSSR count). The Morgan fingerprint density at radius 3 is 2.58 bits per heavy atom. The van der Waals surface area contributed by atoms with Crippen molar-refractivity contribution < 1.29 is 19.5 Å². The van der Waals surface area contributed by atoms with E-state index in [4.69, 9.17) is 10.8 Å². The van der Waals surface area contributed by atoms with Crippen LogP contribution >= 0.6 is 0 Å². The lowest BCUT2D eigenvalue weighted by Gasteiger charge is -2.36. The highest BCUT2D eigenvalue weighted by Gasteiger charge is 2.39. The Morgan fingerprint density at radius 2 is 2.16 bits per heavy atom. The summed E-state index contributed by atoms with van der Waals surface area (Å²) in [6, 6.07) is -1.25. The first-order valence-corrected chi connectivity index (χ1v) is 6.44. The van der Waals surface area contributed by atoms with Crippen LogP contribution in [-0.4, -0.2) is 42.0 Å². The number of hydrogen-bond acceptors (Lipinski definition) is 4. The Kier molecular flexibility index (Phi) is 5.29. The predicted molar refractivity (Wildman–Crippen MR) is 68.2 cm³/mol. The van der Waals surface area contributed by atoms with Crippen LogP contribution < -0.4 is 16.4 Å². The fraction of sp³-hybridized carbons (Fsp3) is 0.750. The standard InChI is InChI=1S/C12H21N3O4/c1-2-12(4-3-5-14-7-12)11(19)15-8(10(17)18)6-9(13)16/h8,14H,2-7H2,1H3,(H2,13,16)(H,15,19)(H,17,18)/t8-,12?/m1/s1. The van der Waals surface area contributed by atoms with Crippen molar-refractivity contribution in [2.75, 3.05) is 13.1 Å². The monoisotopic (exact) mass is 271 g/mol. The van der Waals surface area contributed by atoms with Crippen molar-refractivity contribution in [1.29, 1.82) is 0 Å². The molecule has 1 saturated heterocycles. The molecule has 19 heavy (non-hydrogen) atoms. The number of carboxylic acids is 1. The number of aliphatic carboxylic acids is 1. The molecule has 108 valence electrons. The van der Waals surface area contributed by atoms with Gasteiger partial charge in [-0.15, -0.1) is 0 Å². The molecular formula is C12H21N3O4. The van der Waals surface area contributed by atoms with Crippen LogP contribution in [0.3, 0.4) is 0 Å². The number of carbonyl (C=O) groups excluding carboxylic acids is 2. The zero-order valence-corrected chi connectivity index (χ0v) is 11.1. The van der Waals surface area contributed by atoms with Crippen LogP contribution in [0.5, 0.6) is 0 Å². The number of carbonyl (C=O) groups is 3. The van der Waals surface area contributed by atoms with E-state index < -0.39 is 29.8 Å². The maximum absolute atomic E-state index is 12.3. The second-order valence-corrected chi connectivity index (χ2v) is 4.95. The van der Waals surface area contributed by atoms with E-state index in [0.29, 0.717) is 19.4 Å². The highest BCUT2D eigenvalue weighted by Crippen LogP contribution is 2.30. The summed E-state index contributed by atoms with van der Waals surface area (Å²) >= 11 is 0. The molecule has 0 aromatic heterocycles. The van der Waals surface area contributed by atoms with Crippen molar-refractivity contribution in [2.24, 2.45) is 11.1 Å². The molecule has 2 amide bonds. The van der Waals surface area contributed by atoms with Gasteiger partial charge in [0.25, 0.3) is 0 Å². The summed E-state index contributed by atoms with van der Waals surface area (Å²) in [7, 11) is 0. The van der Waals surface area contributed by atoms with Crippen molar-refractivity contribution in [3.05, 3.63) is 0 Å². The van der Waals surface area contributed by atoms with E-state index in [0.717, 1.165) is 13.0 Å². The summed E-state index contributed by atoms with van der Waals surface area (Å²) in [6.07, 6.45) is 1.81. The van der Waals surface area contributed by atoms with Gasteiger partial charge in [-0.2, -0.15) is 0 Å². The van der Waals surface area contributed by atoms with E-state index in [1.54, 1.807) is 0 Å². The van der Waals surface area contributed by atoms with Gasteiger partial charge in [-0.3, -0.25) is 9.59 Å². The number of piperidine rings is 1. The molecule has 1 heterocycles. The van der Waals surface area contributed by atoms with Crippen molar-refractivity contribution in [3.8, 4) is 0 Å². The number of hydrogen-bond donors (Lipinski definition) is 4. The zero-order chi connectivity index (χ0) is 14.5. The van der Waals surface area contributed by atoms with Gasteiger partial charge in [0, 0.05) is 6.54 Å². The Hall–Kier alpha value is -1.63. The van der Waals surface area contributed by atoms with E-state index >= 15 is 0 Å². The molecule has 0 saturated carbocycles. The zero-order valence-electron chi connectivity index (χ0n) is 11.1. The van der Waals surface area contributed by atoms with Crippen LogP contribution in [-0.2, 0) is 14.4 Å². The van der Waals surface area contributed by atoms with Gasteiger partial charge in [-0.1, -0.05) is 6.92 Å². The Morgan fingerprint density at radius 1 is 1.47 bits per heavy atom. The summed E-state index contributed by atoms with van der Waals surface area (Å²) in [4.78, 5) is 34.1. The van der Waals surface area contributed by atoms with E-state index in [2.05, 4.69) is 10.6 Å². The third-order valence-corrected chi connectivity index (χ3v) is 3.64. The minimum Gasteiger partial charge on any atom is -0.480 e. The number of amides is 2. The summed E-state index contributed by atoms with van der Waals surface area (Å²) in [6.45, 7) is 3.29. The Balaban J connectivity index is 2.74. The lowest BCUT2D eigenvalue weighted by molar-refractivity contribution is -0.145. The van der Waals surface area contributed by atoms with Crippen molar-refractivity contribution in [3.63, 3.8) is 0 Å². The SMILES string of the molecule is CCC1(C(=O)N[C@H](CC(N)=O)C(=O)O)CCCNC1. The smallest absolute Gasteiger partial charge is 0.326 e. The molecule has 0 aliphatic carbocycles. The Labute approximate surface area is 111 Å². The first-order valence-electron chi connectivity index (χ1n) is 6.44. The van der Waals surface area contributed by atoms with E-state index in [9.17, 15) is 14.4 Å². The number of rotatable bonds is 6. The van der Waals surface area contributed by atoms with Crippen molar-refractivity contribution in [1.82, 2.24) is 10.6 Å². The molecule has 1 aliphatic heterocycles. The molecule has 2 atom stereocenters. The maximum Gasteiger partial charge on any atom is 0.326 e. The molecule has 7 heteroatoms. The summed E-state index contributed by atoms with van der Waals surface area (Å²) in [5, 5.41) is 14.6. The number of primary amides is 1. The third kappa shape index (κ3) is 3.92. The molecule has 5 N–H and O–H groups in total. The molecule has 1 unspecified atom stereocenters. The van der Waals surface area contributed by atoms with Gasteiger partial charge < -0.3 is 21.5 Å². The van der Waals surface area contributed by atoms with Gasteiger partial charge in [0.1, 0.15) is 6.04 Å². The second kappa shape index (κ2) is 6.51. The average molecular weight is 271 g/mol. The minimum absolute atomic E-state index is 0.323. The van der Waals surface area contributed by atoms with E-state index in [-0.39, 0.29) is 5.91 Å². The highest BCUT2D eigenvalue weighted by atomic mass is 16.4. The summed E-state index contributed by atoms with van der Waals surface area (Å²) < 4.78 is 0.